The molecule has 1 aromatic rings. The van der Waals surface area contributed by atoms with Crippen LogP contribution in [0.5, 0.6) is 0 Å². The van der Waals surface area contributed by atoms with Gasteiger partial charge in [-0.3, -0.25) is 0 Å². The summed E-state index contributed by atoms with van der Waals surface area (Å²) in [6.07, 6.45) is 0.898. The number of halogens is 4. The lowest BCUT2D eigenvalue weighted by Gasteiger charge is -2.17. The van der Waals surface area contributed by atoms with Gasteiger partial charge in [0.25, 0.3) is 0 Å². The average Bonchev–Trinajstić information content (AvgIpc) is 2.69. The summed E-state index contributed by atoms with van der Waals surface area (Å²) in [5.41, 5.74) is 0.204. The lowest BCUT2D eigenvalue weighted by atomic mass is 9.96. The van der Waals surface area contributed by atoms with Crippen LogP contribution in [0.15, 0.2) is 16.6 Å². The Labute approximate surface area is 112 Å². The molecule has 5 heteroatoms. The van der Waals surface area contributed by atoms with Crippen LogP contribution in [0.3, 0.4) is 0 Å². The average molecular weight is 326 g/mol. The molecule has 0 bridgehead atoms. The Morgan fingerprint density at radius 1 is 1.41 bits per heavy atom. The molecule has 3 unspecified atom stereocenters. The normalized spacial score (nSPS) is 26.2. The molecule has 1 heterocycles. The van der Waals surface area contributed by atoms with Crippen molar-refractivity contribution < 1.29 is 13.5 Å². The van der Waals surface area contributed by atoms with Gasteiger partial charge >= 0.3 is 0 Å². The lowest BCUT2D eigenvalue weighted by Crippen LogP contribution is -2.10. The number of rotatable bonds is 2. The van der Waals surface area contributed by atoms with Gasteiger partial charge < -0.3 is 4.74 Å². The van der Waals surface area contributed by atoms with Crippen LogP contribution in [-0.4, -0.2) is 12.7 Å². The highest BCUT2D eigenvalue weighted by atomic mass is 79.9. The summed E-state index contributed by atoms with van der Waals surface area (Å²) in [4.78, 5) is 0. The molecule has 0 radical (unpaired) electrons. The molecular weight excluding hydrogens is 313 g/mol. The third-order valence-corrected chi connectivity index (χ3v) is 4.18. The van der Waals surface area contributed by atoms with Crippen molar-refractivity contribution >= 4 is 27.5 Å². The van der Waals surface area contributed by atoms with Crippen LogP contribution in [0.2, 0.25) is 0 Å². The van der Waals surface area contributed by atoms with Crippen molar-refractivity contribution in [3.05, 3.63) is 33.8 Å². The second-order valence-corrected chi connectivity index (χ2v) is 5.65. The van der Waals surface area contributed by atoms with Crippen LogP contribution < -0.4 is 0 Å². The van der Waals surface area contributed by atoms with E-state index < -0.39 is 17.0 Å². The Kier molecular flexibility index (Phi) is 4.06. The Morgan fingerprint density at radius 3 is 2.71 bits per heavy atom. The SMILES string of the molecule is CC1CC(C(Cl)c2cc(F)c(Br)cc2F)CO1. The first-order valence-electron chi connectivity index (χ1n) is 5.39. The van der Waals surface area contributed by atoms with Crippen molar-refractivity contribution in [3.63, 3.8) is 0 Å². The largest absolute Gasteiger partial charge is 0.378 e. The summed E-state index contributed by atoms with van der Waals surface area (Å²) >= 11 is 9.15. The van der Waals surface area contributed by atoms with E-state index in [4.69, 9.17) is 16.3 Å². The van der Waals surface area contributed by atoms with Crippen LogP contribution in [0, 0.1) is 17.6 Å². The maximum atomic E-state index is 13.7. The summed E-state index contributed by atoms with van der Waals surface area (Å²) in [6, 6.07) is 2.26. The Balaban J connectivity index is 2.24. The van der Waals surface area contributed by atoms with Crippen molar-refractivity contribution in [1.82, 2.24) is 0 Å². The molecule has 17 heavy (non-hydrogen) atoms. The van der Waals surface area contributed by atoms with Gasteiger partial charge in [-0.15, -0.1) is 11.6 Å². The predicted molar refractivity (Wildman–Crippen MR) is 66.2 cm³/mol. The zero-order chi connectivity index (χ0) is 12.6. The quantitative estimate of drug-likeness (QED) is 0.577. The van der Waals surface area contributed by atoms with Gasteiger partial charge in [-0.25, -0.2) is 8.78 Å². The lowest BCUT2D eigenvalue weighted by molar-refractivity contribution is 0.119. The topological polar surface area (TPSA) is 9.23 Å². The number of hydrogen-bond donors (Lipinski definition) is 0. The molecule has 94 valence electrons. The summed E-state index contributed by atoms with van der Waals surface area (Å²) < 4.78 is 32.6. The molecule has 0 spiro atoms. The van der Waals surface area contributed by atoms with E-state index in [-0.39, 0.29) is 22.1 Å². The molecule has 1 nitrogen and oxygen atoms in total. The monoisotopic (exact) mass is 324 g/mol. The smallest absolute Gasteiger partial charge is 0.137 e. The third-order valence-electron chi connectivity index (χ3n) is 2.98. The first-order valence-corrected chi connectivity index (χ1v) is 6.62. The molecule has 3 atom stereocenters. The van der Waals surface area contributed by atoms with Crippen LogP contribution >= 0.6 is 27.5 Å². The fraction of sp³-hybridized carbons (Fsp3) is 0.500. The Morgan fingerprint density at radius 2 is 2.12 bits per heavy atom. The van der Waals surface area contributed by atoms with Crippen molar-refractivity contribution in [2.24, 2.45) is 5.92 Å². The maximum Gasteiger partial charge on any atom is 0.137 e. The molecule has 0 N–H and O–H groups in total. The molecule has 0 amide bonds. The number of ether oxygens (including phenoxy) is 1. The minimum absolute atomic E-state index is 0.0294. The first kappa shape index (κ1) is 13.2. The minimum Gasteiger partial charge on any atom is -0.378 e. The van der Waals surface area contributed by atoms with Gasteiger partial charge in [-0.05, 0) is 41.4 Å². The molecular formula is C12H12BrClF2O. The highest BCUT2D eigenvalue weighted by molar-refractivity contribution is 9.10. The van der Waals surface area contributed by atoms with Crippen LogP contribution in [0.25, 0.3) is 0 Å². The molecule has 1 fully saturated rings. The van der Waals surface area contributed by atoms with Gasteiger partial charge in [-0.1, -0.05) is 0 Å². The Hall–Kier alpha value is -0.190. The van der Waals surface area contributed by atoms with Gasteiger partial charge in [0.1, 0.15) is 11.6 Å². The van der Waals surface area contributed by atoms with Crippen LogP contribution in [0.1, 0.15) is 24.3 Å². The fourth-order valence-electron chi connectivity index (χ4n) is 2.06. The van der Waals surface area contributed by atoms with Crippen LogP contribution in [0.4, 0.5) is 8.78 Å². The predicted octanol–water partition coefficient (Wildman–Crippen LogP) is 4.43. The highest BCUT2D eigenvalue weighted by Gasteiger charge is 2.31. The van der Waals surface area contributed by atoms with Crippen LogP contribution in [-0.2, 0) is 4.74 Å². The van der Waals surface area contributed by atoms with Gasteiger partial charge in [0.05, 0.1) is 22.6 Å². The van der Waals surface area contributed by atoms with Crippen molar-refractivity contribution in [2.45, 2.75) is 24.8 Å². The highest BCUT2D eigenvalue weighted by Crippen LogP contribution is 2.38. The van der Waals surface area contributed by atoms with Crippen molar-refractivity contribution in [1.29, 1.82) is 0 Å². The molecule has 1 aliphatic rings. The van der Waals surface area contributed by atoms with Gasteiger partial charge in [0.15, 0.2) is 0 Å². The van der Waals surface area contributed by atoms with E-state index in [1.807, 2.05) is 6.92 Å². The van der Waals surface area contributed by atoms with Gasteiger partial charge in [-0.2, -0.15) is 0 Å². The molecule has 1 aliphatic heterocycles. The second-order valence-electron chi connectivity index (χ2n) is 4.33. The minimum atomic E-state index is -0.553. The standard InChI is InChI=1S/C12H12BrClF2O/c1-6-2-7(5-17-6)12(14)8-3-11(16)9(13)4-10(8)15/h3-4,6-7,12H,2,5H2,1H3. The number of alkyl halides is 1. The van der Waals surface area contributed by atoms with Crippen molar-refractivity contribution in [3.8, 4) is 0 Å². The zero-order valence-corrected chi connectivity index (χ0v) is 11.6. The summed E-state index contributed by atoms with van der Waals surface area (Å²) in [7, 11) is 0. The van der Waals surface area contributed by atoms with E-state index in [9.17, 15) is 8.78 Å². The van der Waals surface area contributed by atoms with Crippen molar-refractivity contribution in [2.75, 3.05) is 6.61 Å². The van der Waals surface area contributed by atoms with Gasteiger partial charge in [0.2, 0.25) is 0 Å². The number of benzene rings is 1. The zero-order valence-electron chi connectivity index (χ0n) is 9.22. The summed E-state index contributed by atoms with van der Waals surface area (Å²) in [6.45, 7) is 2.44. The summed E-state index contributed by atoms with van der Waals surface area (Å²) in [5.74, 6) is -0.960. The Bertz CT molecular complexity index is 427. The van der Waals surface area contributed by atoms with E-state index in [2.05, 4.69) is 15.9 Å². The van der Waals surface area contributed by atoms with Gasteiger partial charge in [0, 0.05) is 11.5 Å². The van der Waals surface area contributed by atoms with E-state index in [0.717, 1.165) is 18.6 Å². The molecule has 0 aliphatic carbocycles. The van der Waals surface area contributed by atoms with E-state index >= 15 is 0 Å². The maximum absolute atomic E-state index is 13.7. The van der Waals surface area contributed by atoms with E-state index in [1.54, 1.807) is 0 Å². The first-order chi connectivity index (χ1) is 7.99. The molecule has 0 aromatic heterocycles. The van der Waals surface area contributed by atoms with E-state index in [1.165, 1.54) is 0 Å². The third kappa shape index (κ3) is 2.80. The van der Waals surface area contributed by atoms with E-state index in [0.29, 0.717) is 6.61 Å². The summed E-state index contributed by atoms with van der Waals surface area (Å²) in [5, 5.41) is -0.553. The fourth-order valence-corrected chi connectivity index (χ4v) is 2.72. The molecule has 2 rings (SSSR count). The molecule has 1 saturated heterocycles. The molecule has 0 saturated carbocycles. The second kappa shape index (κ2) is 5.21. The molecule has 1 aromatic carbocycles. The number of hydrogen-bond acceptors (Lipinski definition) is 1.